The molecule has 6 nitrogen and oxygen atoms in total. The molecule has 0 saturated carbocycles. The fourth-order valence-electron chi connectivity index (χ4n) is 4.35. The monoisotopic (exact) mass is 584 g/mol. The lowest BCUT2D eigenvalue weighted by Gasteiger charge is -2.30. The highest BCUT2D eigenvalue weighted by Gasteiger charge is 2.35. The van der Waals surface area contributed by atoms with E-state index >= 15 is 0 Å². The number of fused-ring (bicyclic) bond motifs is 1. The summed E-state index contributed by atoms with van der Waals surface area (Å²) >= 11 is 6.32. The Balaban J connectivity index is 1.52. The molecule has 4 rings (SSSR count). The number of hydrogen-bond acceptors (Lipinski definition) is 4. The molecule has 39 heavy (non-hydrogen) atoms. The van der Waals surface area contributed by atoms with Gasteiger partial charge in [0.1, 0.15) is 11.6 Å². The van der Waals surface area contributed by atoms with E-state index in [1.807, 2.05) is 13.8 Å². The number of carbonyl (C=O) groups is 1. The summed E-state index contributed by atoms with van der Waals surface area (Å²) in [4.78, 5) is 12.8. The average Bonchev–Trinajstić information content (AvgIpc) is 2.86. The predicted molar refractivity (Wildman–Crippen MR) is 139 cm³/mol. The Hall–Kier alpha value is -3.15. The van der Waals surface area contributed by atoms with Crippen molar-refractivity contribution in [1.29, 1.82) is 0 Å². The first kappa shape index (κ1) is 28.8. The lowest BCUT2D eigenvalue weighted by Crippen LogP contribution is -2.36. The van der Waals surface area contributed by atoms with E-state index in [2.05, 4.69) is 5.32 Å². The van der Waals surface area contributed by atoms with Gasteiger partial charge in [-0.1, -0.05) is 29.8 Å². The van der Waals surface area contributed by atoms with Crippen LogP contribution in [0.1, 0.15) is 36.1 Å². The van der Waals surface area contributed by atoms with E-state index in [1.165, 1.54) is 22.5 Å². The van der Waals surface area contributed by atoms with Crippen molar-refractivity contribution in [2.75, 3.05) is 11.9 Å². The molecule has 0 spiro atoms. The fourth-order valence-corrected chi connectivity index (χ4v) is 5.99. The zero-order valence-corrected chi connectivity index (χ0v) is 22.6. The highest BCUT2D eigenvalue weighted by atomic mass is 35.5. The first-order valence-electron chi connectivity index (χ1n) is 12.0. The molecule has 0 aliphatic carbocycles. The number of hydrogen-bond donors (Lipinski definition) is 1. The van der Waals surface area contributed by atoms with Gasteiger partial charge in [-0.05, 0) is 73.4 Å². The third-order valence-electron chi connectivity index (χ3n) is 6.15. The van der Waals surface area contributed by atoms with Crippen LogP contribution in [-0.2, 0) is 40.4 Å². The molecule has 0 saturated heterocycles. The van der Waals surface area contributed by atoms with Crippen LogP contribution in [0.4, 0.5) is 23.2 Å². The average molecular weight is 585 g/mol. The molecule has 0 fully saturated rings. The molecule has 1 aliphatic rings. The van der Waals surface area contributed by atoms with Crippen molar-refractivity contribution in [2.24, 2.45) is 0 Å². The Bertz CT molecular complexity index is 1490. The molecule has 0 bridgehead atoms. The van der Waals surface area contributed by atoms with Crippen LogP contribution in [-0.4, -0.2) is 31.3 Å². The summed E-state index contributed by atoms with van der Waals surface area (Å²) < 4.78 is 86.9. The number of halogens is 5. The minimum absolute atomic E-state index is 0.0181. The van der Waals surface area contributed by atoms with E-state index in [-0.39, 0.29) is 41.2 Å². The van der Waals surface area contributed by atoms with Gasteiger partial charge in [-0.3, -0.25) is 4.79 Å². The van der Waals surface area contributed by atoms with Crippen LogP contribution in [0.5, 0.6) is 5.75 Å². The van der Waals surface area contributed by atoms with Gasteiger partial charge in [0.2, 0.25) is 15.9 Å². The van der Waals surface area contributed by atoms with Gasteiger partial charge in [-0.25, -0.2) is 12.8 Å². The lowest BCUT2D eigenvalue weighted by molar-refractivity contribution is -0.140. The summed E-state index contributed by atoms with van der Waals surface area (Å²) in [5, 5.41) is 2.75. The predicted octanol–water partition coefficient (Wildman–Crippen LogP) is 6.21. The number of nitrogens with one attached hydrogen (secondary N) is 1. The minimum Gasteiger partial charge on any atom is -0.491 e. The van der Waals surface area contributed by atoms with Crippen LogP contribution in [0.3, 0.4) is 0 Å². The van der Waals surface area contributed by atoms with Crippen molar-refractivity contribution in [1.82, 2.24) is 4.31 Å². The number of carbonyl (C=O) groups excluding carboxylic acids is 1. The Morgan fingerprint density at radius 3 is 2.44 bits per heavy atom. The fraction of sp³-hybridized carbons (Fsp3) is 0.296. The van der Waals surface area contributed by atoms with Crippen LogP contribution in [0.15, 0.2) is 59.5 Å². The maximum atomic E-state index is 14.4. The Labute approximate surface area is 228 Å². The summed E-state index contributed by atoms with van der Waals surface area (Å²) in [6, 6.07) is 12.0. The summed E-state index contributed by atoms with van der Waals surface area (Å²) in [6.45, 7) is 3.85. The van der Waals surface area contributed by atoms with Crippen molar-refractivity contribution in [3.8, 4) is 5.75 Å². The van der Waals surface area contributed by atoms with Crippen LogP contribution < -0.4 is 10.1 Å². The SMILES string of the molecule is CC(C)Oc1ccc(S(=O)(=O)N2CCc3c(ccc(Cl)c3NC(=O)Cc3cccc(C(F)(F)F)c3F)C2)cc1. The van der Waals surface area contributed by atoms with Gasteiger partial charge < -0.3 is 10.1 Å². The first-order chi connectivity index (χ1) is 18.3. The zero-order chi connectivity index (χ0) is 28.5. The van der Waals surface area contributed by atoms with Gasteiger partial charge in [-0.2, -0.15) is 17.5 Å². The number of rotatable bonds is 7. The number of amides is 1. The van der Waals surface area contributed by atoms with Gasteiger partial charge in [0, 0.05) is 13.1 Å². The smallest absolute Gasteiger partial charge is 0.419 e. The number of benzene rings is 3. The zero-order valence-electron chi connectivity index (χ0n) is 21.0. The largest absolute Gasteiger partial charge is 0.491 e. The van der Waals surface area contributed by atoms with Gasteiger partial charge in [0.05, 0.1) is 33.7 Å². The second-order valence-electron chi connectivity index (χ2n) is 9.29. The van der Waals surface area contributed by atoms with Gasteiger partial charge >= 0.3 is 6.18 Å². The van der Waals surface area contributed by atoms with Crippen LogP contribution in [0.25, 0.3) is 0 Å². The first-order valence-corrected chi connectivity index (χ1v) is 13.8. The maximum absolute atomic E-state index is 14.4. The van der Waals surface area contributed by atoms with Gasteiger partial charge in [0.25, 0.3) is 0 Å². The Morgan fingerprint density at radius 1 is 1.10 bits per heavy atom. The molecular formula is C27H25ClF4N2O4S. The molecule has 1 aliphatic heterocycles. The lowest BCUT2D eigenvalue weighted by atomic mass is 9.98. The van der Waals surface area contributed by atoms with E-state index in [9.17, 15) is 30.8 Å². The summed E-state index contributed by atoms with van der Waals surface area (Å²) in [7, 11) is -3.83. The number of nitrogens with zero attached hydrogens (tertiary/aromatic N) is 1. The molecule has 208 valence electrons. The van der Waals surface area contributed by atoms with E-state index < -0.39 is 45.5 Å². The molecule has 1 amide bonds. The van der Waals surface area contributed by atoms with Crippen LogP contribution in [0.2, 0.25) is 5.02 Å². The van der Waals surface area contributed by atoms with Crippen molar-refractivity contribution >= 4 is 33.2 Å². The summed E-state index contributed by atoms with van der Waals surface area (Å²) in [5.41, 5.74) is -0.433. The molecule has 3 aromatic carbocycles. The second kappa shape index (κ2) is 11.1. The summed E-state index contributed by atoms with van der Waals surface area (Å²) in [6.07, 6.45) is -5.38. The van der Waals surface area contributed by atoms with Crippen LogP contribution >= 0.6 is 11.6 Å². The van der Waals surface area contributed by atoms with Gasteiger partial charge in [-0.15, -0.1) is 0 Å². The second-order valence-corrected chi connectivity index (χ2v) is 11.6. The molecule has 1 N–H and O–H groups in total. The number of alkyl halides is 3. The molecule has 1 heterocycles. The molecule has 0 radical (unpaired) electrons. The molecule has 0 atom stereocenters. The van der Waals surface area contributed by atoms with Crippen molar-refractivity contribution in [2.45, 2.75) is 50.4 Å². The van der Waals surface area contributed by atoms with Crippen molar-refractivity contribution in [3.05, 3.63) is 87.7 Å². The normalized spacial score (nSPS) is 14.3. The number of sulfonamides is 1. The van der Waals surface area contributed by atoms with Crippen LogP contribution in [0, 0.1) is 5.82 Å². The minimum atomic E-state index is -4.89. The van der Waals surface area contributed by atoms with Crippen molar-refractivity contribution in [3.63, 3.8) is 0 Å². The summed E-state index contributed by atoms with van der Waals surface area (Å²) in [5.74, 6) is -1.72. The Morgan fingerprint density at radius 2 is 1.79 bits per heavy atom. The topological polar surface area (TPSA) is 75.7 Å². The molecule has 0 aromatic heterocycles. The van der Waals surface area contributed by atoms with E-state index in [1.54, 1.807) is 18.2 Å². The molecule has 3 aromatic rings. The standard InChI is InChI=1S/C27H25ClF4N2O4S/c1-16(2)38-19-7-9-20(10-8-19)39(36,37)34-13-12-21-18(15-34)6-11-23(28)26(21)33-24(35)14-17-4-3-5-22(25(17)29)27(30,31)32/h3-11,16H,12-15H2,1-2H3,(H,33,35). The number of anilines is 1. The van der Waals surface area contributed by atoms with Crippen molar-refractivity contribution < 1.29 is 35.5 Å². The quantitative estimate of drug-likeness (QED) is 0.335. The molecular weight excluding hydrogens is 560 g/mol. The van der Waals surface area contributed by atoms with E-state index in [0.29, 0.717) is 22.9 Å². The number of ether oxygens (including phenoxy) is 1. The van der Waals surface area contributed by atoms with E-state index in [0.717, 1.165) is 12.1 Å². The third-order valence-corrected chi connectivity index (χ3v) is 8.32. The molecule has 12 heteroatoms. The highest BCUT2D eigenvalue weighted by Crippen LogP contribution is 2.36. The van der Waals surface area contributed by atoms with Gasteiger partial charge in [0.15, 0.2) is 0 Å². The van der Waals surface area contributed by atoms with E-state index in [4.69, 9.17) is 16.3 Å². The third kappa shape index (κ3) is 6.37. The highest BCUT2D eigenvalue weighted by molar-refractivity contribution is 7.89. The maximum Gasteiger partial charge on any atom is 0.419 e. The molecule has 0 unspecified atom stereocenters. The Kier molecular flexibility index (Phi) is 8.25.